The van der Waals surface area contributed by atoms with Crippen LogP contribution in [0.3, 0.4) is 0 Å². The van der Waals surface area contributed by atoms with Gasteiger partial charge in [-0.25, -0.2) is 4.98 Å². The Balaban J connectivity index is 0.00000324. The van der Waals surface area contributed by atoms with Crippen LogP contribution in [0.25, 0.3) is 0 Å². The van der Waals surface area contributed by atoms with E-state index in [0.717, 1.165) is 12.1 Å². The number of nitrogens with one attached hydrogen (secondary N) is 1. The van der Waals surface area contributed by atoms with Crippen molar-refractivity contribution in [2.24, 2.45) is 11.7 Å². The van der Waals surface area contributed by atoms with Crippen LogP contribution < -0.4 is 16.0 Å². The second kappa shape index (κ2) is 7.96. The van der Waals surface area contributed by atoms with Crippen LogP contribution in [0.2, 0.25) is 0 Å². The van der Waals surface area contributed by atoms with Gasteiger partial charge in [-0.2, -0.15) is 0 Å². The highest BCUT2D eigenvalue weighted by Gasteiger charge is 2.19. The van der Waals surface area contributed by atoms with Crippen molar-refractivity contribution in [3.05, 3.63) is 18.3 Å². The molecule has 0 spiro atoms. The molecule has 1 rings (SSSR count). The van der Waals surface area contributed by atoms with Gasteiger partial charge in [0, 0.05) is 14.1 Å². The molecule has 5 nitrogen and oxygen atoms in total. The molecule has 0 aliphatic heterocycles. The molecule has 3 N–H and O–H groups in total. The number of hydrogen-bond acceptors (Lipinski definition) is 4. The van der Waals surface area contributed by atoms with Gasteiger partial charge in [0.15, 0.2) is 0 Å². The van der Waals surface area contributed by atoms with Gasteiger partial charge >= 0.3 is 0 Å². The topological polar surface area (TPSA) is 71.2 Å². The summed E-state index contributed by atoms with van der Waals surface area (Å²) in [6.07, 6.45) is 2.59. The molecule has 19 heavy (non-hydrogen) atoms. The number of pyridine rings is 1. The monoisotopic (exact) mass is 286 g/mol. The van der Waals surface area contributed by atoms with E-state index in [4.69, 9.17) is 5.73 Å². The summed E-state index contributed by atoms with van der Waals surface area (Å²) in [5.41, 5.74) is 6.83. The number of nitrogens with two attached hydrogens (primary N) is 1. The predicted molar refractivity (Wildman–Crippen MR) is 81.9 cm³/mol. The predicted octanol–water partition coefficient (Wildman–Crippen LogP) is 1.88. The van der Waals surface area contributed by atoms with Crippen molar-refractivity contribution >= 4 is 29.8 Å². The fraction of sp³-hybridized carbons (Fsp3) is 0.538. The molecule has 0 bridgehead atoms. The Hall–Kier alpha value is -1.33. The van der Waals surface area contributed by atoms with Crippen LogP contribution in [0.4, 0.5) is 11.5 Å². The highest BCUT2D eigenvalue weighted by atomic mass is 35.5. The van der Waals surface area contributed by atoms with Crippen LogP contribution in [-0.2, 0) is 4.79 Å². The number of hydrogen-bond donors (Lipinski definition) is 2. The number of anilines is 2. The van der Waals surface area contributed by atoms with Gasteiger partial charge in [0.25, 0.3) is 0 Å². The van der Waals surface area contributed by atoms with Crippen molar-refractivity contribution in [2.45, 2.75) is 26.3 Å². The minimum atomic E-state index is -0.495. The molecule has 1 heterocycles. The standard InChI is InChI=1S/C13H22N4O.ClH/c1-5-9(2)12(14)13(18)16-11-7-6-10(8-15-11)17(3)4;/h6-9,12H,5,14H2,1-4H3,(H,15,16,18);1H. The molecule has 1 aromatic heterocycles. The molecule has 0 aliphatic carbocycles. The van der Waals surface area contributed by atoms with Gasteiger partial charge in [0.1, 0.15) is 5.82 Å². The van der Waals surface area contributed by atoms with Gasteiger partial charge in [-0.05, 0) is 18.1 Å². The molecule has 0 aliphatic rings. The van der Waals surface area contributed by atoms with E-state index in [1.54, 1.807) is 12.3 Å². The van der Waals surface area contributed by atoms with E-state index >= 15 is 0 Å². The lowest BCUT2D eigenvalue weighted by Gasteiger charge is -2.17. The molecule has 1 aromatic rings. The molecule has 2 atom stereocenters. The molecular weight excluding hydrogens is 264 g/mol. The smallest absolute Gasteiger partial charge is 0.242 e. The Morgan fingerprint density at radius 3 is 2.53 bits per heavy atom. The van der Waals surface area contributed by atoms with Crippen LogP contribution in [0.5, 0.6) is 0 Å². The molecule has 6 heteroatoms. The zero-order valence-electron chi connectivity index (χ0n) is 11.9. The van der Waals surface area contributed by atoms with E-state index in [9.17, 15) is 4.79 Å². The average molecular weight is 287 g/mol. The van der Waals surface area contributed by atoms with E-state index in [2.05, 4.69) is 10.3 Å². The number of carbonyl (C=O) groups excluding carboxylic acids is 1. The summed E-state index contributed by atoms with van der Waals surface area (Å²) in [6.45, 7) is 3.98. The van der Waals surface area contributed by atoms with Crippen molar-refractivity contribution in [2.75, 3.05) is 24.3 Å². The quantitative estimate of drug-likeness (QED) is 0.867. The van der Waals surface area contributed by atoms with Gasteiger partial charge in [0.2, 0.25) is 5.91 Å². The number of halogens is 1. The summed E-state index contributed by atoms with van der Waals surface area (Å²) in [5.74, 6) is 0.504. The summed E-state index contributed by atoms with van der Waals surface area (Å²) in [6, 6.07) is 3.18. The second-order valence-electron chi connectivity index (χ2n) is 4.70. The fourth-order valence-electron chi connectivity index (χ4n) is 1.45. The van der Waals surface area contributed by atoms with Crippen molar-refractivity contribution < 1.29 is 4.79 Å². The van der Waals surface area contributed by atoms with Crippen molar-refractivity contribution in [3.63, 3.8) is 0 Å². The van der Waals surface area contributed by atoms with Crippen LogP contribution in [-0.4, -0.2) is 31.0 Å². The molecule has 0 radical (unpaired) electrons. The normalized spacial score (nSPS) is 13.1. The van der Waals surface area contributed by atoms with Gasteiger partial charge in [0.05, 0.1) is 17.9 Å². The number of nitrogens with zero attached hydrogens (tertiary/aromatic N) is 2. The SMILES string of the molecule is CCC(C)C(N)C(=O)Nc1ccc(N(C)C)cn1.Cl. The molecule has 108 valence electrons. The summed E-state index contributed by atoms with van der Waals surface area (Å²) >= 11 is 0. The van der Waals surface area contributed by atoms with Crippen LogP contribution >= 0.6 is 12.4 Å². The van der Waals surface area contributed by atoms with E-state index in [-0.39, 0.29) is 24.2 Å². The Morgan fingerprint density at radius 2 is 2.11 bits per heavy atom. The Kier molecular flexibility index (Phi) is 7.41. The third kappa shape index (κ3) is 5.04. The first-order chi connectivity index (χ1) is 8.45. The lowest BCUT2D eigenvalue weighted by molar-refractivity contribution is -0.118. The summed E-state index contributed by atoms with van der Waals surface area (Å²) in [5, 5.41) is 2.73. The number of carbonyl (C=O) groups is 1. The molecule has 1 amide bonds. The summed E-state index contributed by atoms with van der Waals surface area (Å²) in [7, 11) is 3.88. The zero-order chi connectivity index (χ0) is 13.7. The third-order valence-corrected chi connectivity index (χ3v) is 3.08. The highest BCUT2D eigenvalue weighted by molar-refractivity contribution is 5.94. The van der Waals surface area contributed by atoms with Crippen LogP contribution in [0.15, 0.2) is 18.3 Å². The van der Waals surface area contributed by atoms with Crippen molar-refractivity contribution in [1.82, 2.24) is 4.98 Å². The van der Waals surface area contributed by atoms with E-state index in [1.807, 2.05) is 38.9 Å². The van der Waals surface area contributed by atoms with Crippen LogP contribution in [0.1, 0.15) is 20.3 Å². The first kappa shape index (κ1) is 17.7. The average Bonchev–Trinajstić information content (AvgIpc) is 2.37. The lowest BCUT2D eigenvalue weighted by atomic mass is 9.99. The van der Waals surface area contributed by atoms with Gasteiger partial charge in [-0.15, -0.1) is 12.4 Å². The summed E-state index contributed by atoms with van der Waals surface area (Å²) in [4.78, 5) is 18.0. The van der Waals surface area contributed by atoms with Gasteiger partial charge in [-0.1, -0.05) is 20.3 Å². The minimum Gasteiger partial charge on any atom is -0.376 e. The maximum absolute atomic E-state index is 11.8. The van der Waals surface area contributed by atoms with Crippen molar-refractivity contribution in [1.29, 1.82) is 0 Å². The maximum atomic E-state index is 11.8. The molecule has 0 saturated carbocycles. The van der Waals surface area contributed by atoms with E-state index in [0.29, 0.717) is 5.82 Å². The molecule has 0 fully saturated rings. The minimum absolute atomic E-state index is 0. The number of rotatable bonds is 5. The Labute approximate surface area is 121 Å². The largest absolute Gasteiger partial charge is 0.376 e. The van der Waals surface area contributed by atoms with E-state index < -0.39 is 6.04 Å². The lowest BCUT2D eigenvalue weighted by Crippen LogP contribution is -2.40. The molecule has 2 unspecified atom stereocenters. The van der Waals surface area contributed by atoms with Crippen molar-refractivity contribution in [3.8, 4) is 0 Å². The third-order valence-electron chi connectivity index (χ3n) is 3.08. The summed E-state index contributed by atoms with van der Waals surface area (Å²) < 4.78 is 0. The second-order valence-corrected chi connectivity index (χ2v) is 4.70. The van der Waals surface area contributed by atoms with E-state index in [1.165, 1.54) is 0 Å². The fourth-order valence-corrected chi connectivity index (χ4v) is 1.45. The number of aromatic nitrogens is 1. The highest BCUT2D eigenvalue weighted by Crippen LogP contribution is 2.13. The first-order valence-electron chi connectivity index (χ1n) is 6.15. The van der Waals surface area contributed by atoms with Gasteiger partial charge in [-0.3, -0.25) is 4.79 Å². The molecule has 0 saturated heterocycles. The zero-order valence-corrected chi connectivity index (χ0v) is 12.7. The maximum Gasteiger partial charge on any atom is 0.242 e. The Bertz CT molecular complexity index is 394. The molecule has 0 aromatic carbocycles. The molecular formula is C13H23ClN4O. The Morgan fingerprint density at radius 1 is 1.47 bits per heavy atom. The van der Waals surface area contributed by atoms with Crippen LogP contribution in [0, 0.1) is 5.92 Å². The first-order valence-corrected chi connectivity index (χ1v) is 6.15. The van der Waals surface area contributed by atoms with Gasteiger partial charge < -0.3 is 16.0 Å². The number of amides is 1.